The van der Waals surface area contributed by atoms with Gasteiger partial charge in [-0.25, -0.2) is 4.68 Å². The summed E-state index contributed by atoms with van der Waals surface area (Å²) in [7, 11) is 1.43. The van der Waals surface area contributed by atoms with Gasteiger partial charge in [0, 0.05) is 14.0 Å². The highest BCUT2D eigenvalue weighted by Gasteiger charge is 2.11. The molecule has 7 nitrogen and oxygen atoms in total. The quantitative estimate of drug-likeness (QED) is 0.442. The van der Waals surface area contributed by atoms with Crippen molar-refractivity contribution in [3.05, 3.63) is 6.33 Å². The number of hydrogen-bond acceptors (Lipinski definition) is 6. The first-order valence-electron chi connectivity index (χ1n) is 3.56. The van der Waals surface area contributed by atoms with Crippen LogP contribution in [0.4, 0.5) is 0 Å². The Labute approximate surface area is 74.6 Å². The number of ether oxygens (including phenoxy) is 2. The molecule has 0 aliphatic carbocycles. The minimum atomic E-state index is -0.683. The fourth-order valence-corrected chi connectivity index (χ4v) is 0.723. The van der Waals surface area contributed by atoms with Gasteiger partial charge in [0.25, 0.3) is 0 Å². The number of aromatic nitrogens is 4. The van der Waals surface area contributed by atoms with Crippen LogP contribution < -0.4 is 0 Å². The van der Waals surface area contributed by atoms with E-state index in [1.807, 2.05) is 0 Å². The average molecular weight is 185 g/mol. The molecule has 1 aromatic heterocycles. The first-order valence-corrected chi connectivity index (χ1v) is 3.56. The van der Waals surface area contributed by atoms with E-state index < -0.39 is 12.3 Å². The summed E-state index contributed by atoms with van der Waals surface area (Å²) in [4.78, 5) is 10.6. The Bertz CT molecular complexity index is 261. The van der Waals surface area contributed by atoms with E-state index in [9.17, 15) is 4.79 Å². The van der Waals surface area contributed by atoms with Gasteiger partial charge in [0.05, 0.1) is 0 Å². The van der Waals surface area contributed by atoms with E-state index >= 15 is 0 Å². The number of hydrogen-bond donors (Lipinski definition) is 0. The van der Waals surface area contributed by atoms with Crippen molar-refractivity contribution in [3.63, 3.8) is 0 Å². The molecule has 0 saturated carbocycles. The second kappa shape index (κ2) is 4.51. The van der Waals surface area contributed by atoms with Crippen molar-refractivity contribution >= 4 is 5.97 Å². The molecular weight excluding hydrogens is 176 g/mol. The summed E-state index contributed by atoms with van der Waals surface area (Å²) >= 11 is 0. The van der Waals surface area contributed by atoms with E-state index in [2.05, 4.69) is 21.9 Å². The summed E-state index contributed by atoms with van der Waals surface area (Å²) in [5.74, 6) is -0.417. The van der Waals surface area contributed by atoms with Crippen LogP contribution >= 0.6 is 0 Å². The van der Waals surface area contributed by atoms with Crippen LogP contribution in [0.3, 0.4) is 0 Å². The van der Waals surface area contributed by atoms with Gasteiger partial charge in [-0.3, -0.25) is 4.79 Å². The van der Waals surface area contributed by atoms with Gasteiger partial charge < -0.3 is 9.47 Å². The third kappa shape index (κ3) is 3.16. The van der Waals surface area contributed by atoms with Crippen LogP contribution in [0.1, 0.15) is 6.92 Å². The molecule has 1 unspecified atom stereocenters. The van der Waals surface area contributed by atoms with Crippen LogP contribution in [0.2, 0.25) is 0 Å². The maximum Gasteiger partial charge on any atom is 0.305 e. The molecular formula is C6H9N4O3. The molecule has 1 rings (SSSR count). The molecule has 0 aromatic carbocycles. The van der Waals surface area contributed by atoms with E-state index in [0.29, 0.717) is 0 Å². The Morgan fingerprint density at radius 1 is 1.69 bits per heavy atom. The average Bonchev–Trinajstić information content (AvgIpc) is 2.55. The van der Waals surface area contributed by atoms with Gasteiger partial charge in [-0.2, -0.15) is 0 Å². The maximum atomic E-state index is 10.6. The van der Waals surface area contributed by atoms with Crippen LogP contribution in [0.25, 0.3) is 0 Å². The van der Waals surface area contributed by atoms with Gasteiger partial charge in [0.1, 0.15) is 6.54 Å². The lowest BCUT2D eigenvalue weighted by Gasteiger charge is -2.13. The molecule has 0 spiro atoms. The van der Waals surface area contributed by atoms with Crippen LogP contribution in [0.5, 0.6) is 0 Å². The number of nitrogens with zero attached hydrogens (tertiary/aromatic N) is 4. The third-order valence-corrected chi connectivity index (χ3v) is 1.24. The molecule has 1 atom stereocenters. The second-order valence-corrected chi connectivity index (χ2v) is 2.24. The smallest absolute Gasteiger partial charge is 0.305 e. The summed E-state index contributed by atoms with van der Waals surface area (Å²) in [5, 5.41) is 10.2. The van der Waals surface area contributed by atoms with E-state index in [1.165, 1.54) is 18.7 Å². The lowest BCUT2D eigenvalue weighted by atomic mass is 10.6. The van der Waals surface area contributed by atoms with Gasteiger partial charge in [0.2, 0.25) is 12.6 Å². The first-order chi connectivity index (χ1) is 6.22. The minimum Gasteiger partial charge on any atom is -0.434 e. The summed E-state index contributed by atoms with van der Waals surface area (Å²) in [6.45, 7) is 1.53. The SMILES string of the molecule is COC(Cn1[c]nnn1)OC(C)=O. The van der Waals surface area contributed by atoms with Gasteiger partial charge in [-0.1, -0.05) is 0 Å². The number of rotatable bonds is 4. The molecule has 1 heterocycles. The topological polar surface area (TPSA) is 79.1 Å². The molecule has 7 heteroatoms. The lowest BCUT2D eigenvalue weighted by Crippen LogP contribution is -2.24. The normalized spacial score (nSPS) is 12.5. The predicted octanol–water partition coefficient (Wildman–Crippen LogP) is -0.991. The fourth-order valence-electron chi connectivity index (χ4n) is 0.723. The zero-order chi connectivity index (χ0) is 9.68. The molecule has 0 amide bonds. The fraction of sp³-hybridized carbons (Fsp3) is 0.667. The number of tetrazole rings is 1. The summed E-state index contributed by atoms with van der Waals surface area (Å²) in [6.07, 6.45) is 1.77. The molecule has 0 aliphatic heterocycles. The van der Waals surface area contributed by atoms with E-state index in [0.717, 1.165) is 0 Å². The molecule has 0 saturated heterocycles. The first kappa shape index (κ1) is 9.59. The van der Waals surface area contributed by atoms with Crippen molar-refractivity contribution in [1.82, 2.24) is 20.2 Å². The molecule has 0 N–H and O–H groups in total. The Kier molecular flexibility index (Phi) is 3.32. The summed E-state index contributed by atoms with van der Waals surface area (Å²) in [6, 6.07) is 0. The van der Waals surface area contributed by atoms with Crippen molar-refractivity contribution in [3.8, 4) is 0 Å². The molecule has 0 aliphatic rings. The third-order valence-electron chi connectivity index (χ3n) is 1.24. The monoisotopic (exact) mass is 185 g/mol. The van der Waals surface area contributed by atoms with E-state index in [-0.39, 0.29) is 6.54 Å². The lowest BCUT2D eigenvalue weighted by molar-refractivity contribution is -0.173. The van der Waals surface area contributed by atoms with Gasteiger partial charge in [-0.05, 0) is 10.4 Å². The van der Waals surface area contributed by atoms with Crippen molar-refractivity contribution in [2.24, 2.45) is 0 Å². The molecule has 1 aromatic rings. The number of esters is 1. The largest absolute Gasteiger partial charge is 0.434 e. The highest BCUT2D eigenvalue weighted by atomic mass is 16.7. The minimum absolute atomic E-state index is 0.225. The molecule has 13 heavy (non-hydrogen) atoms. The number of carbonyl (C=O) groups excluding carboxylic acids is 1. The highest BCUT2D eigenvalue weighted by molar-refractivity contribution is 5.66. The number of methoxy groups -OCH3 is 1. The highest BCUT2D eigenvalue weighted by Crippen LogP contribution is 1.96. The van der Waals surface area contributed by atoms with E-state index in [1.54, 1.807) is 0 Å². The van der Waals surface area contributed by atoms with E-state index in [4.69, 9.17) is 9.47 Å². The Morgan fingerprint density at radius 2 is 2.46 bits per heavy atom. The van der Waals surface area contributed by atoms with Crippen LogP contribution in [-0.2, 0) is 20.8 Å². The van der Waals surface area contributed by atoms with Gasteiger partial charge in [-0.15, -0.1) is 5.10 Å². The van der Waals surface area contributed by atoms with Crippen molar-refractivity contribution < 1.29 is 14.3 Å². The summed E-state index contributed by atoms with van der Waals surface area (Å²) in [5.41, 5.74) is 0. The Balaban J connectivity index is 2.45. The molecule has 1 radical (unpaired) electrons. The standard InChI is InChI=1S/C6H9N4O3/c1-5(11)13-6(12-2)3-10-4-7-8-9-10/h6H,3H2,1-2H3. The molecule has 0 fully saturated rings. The molecule has 0 bridgehead atoms. The van der Waals surface area contributed by atoms with Gasteiger partial charge in [0.15, 0.2) is 0 Å². The predicted molar refractivity (Wildman–Crippen MR) is 39.2 cm³/mol. The van der Waals surface area contributed by atoms with Crippen LogP contribution in [0, 0.1) is 6.33 Å². The Hall–Kier alpha value is -1.50. The second-order valence-electron chi connectivity index (χ2n) is 2.24. The van der Waals surface area contributed by atoms with Crippen LogP contribution in [-0.4, -0.2) is 39.6 Å². The maximum absolute atomic E-state index is 10.6. The van der Waals surface area contributed by atoms with Crippen molar-refractivity contribution in [2.45, 2.75) is 19.8 Å². The Morgan fingerprint density at radius 3 is 2.92 bits per heavy atom. The number of carbonyl (C=O) groups is 1. The van der Waals surface area contributed by atoms with Crippen LogP contribution in [0.15, 0.2) is 0 Å². The van der Waals surface area contributed by atoms with Gasteiger partial charge >= 0.3 is 5.97 Å². The zero-order valence-corrected chi connectivity index (χ0v) is 7.30. The van der Waals surface area contributed by atoms with Crippen molar-refractivity contribution in [1.29, 1.82) is 0 Å². The molecule has 71 valence electrons. The summed E-state index contributed by atoms with van der Waals surface area (Å²) < 4.78 is 10.9. The van der Waals surface area contributed by atoms with Crippen molar-refractivity contribution in [2.75, 3.05) is 7.11 Å². The zero-order valence-electron chi connectivity index (χ0n) is 7.30.